The lowest BCUT2D eigenvalue weighted by Gasteiger charge is -2.10. The molecule has 0 saturated heterocycles. The fourth-order valence-electron chi connectivity index (χ4n) is 3.76. The lowest BCUT2D eigenvalue weighted by atomic mass is 10.3. The zero-order chi connectivity index (χ0) is 22.0. The predicted octanol–water partition coefficient (Wildman–Crippen LogP) is 5.05. The maximum atomic E-state index is 4.77. The van der Waals surface area contributed by atoms with E-state index in [9.17, 15) is 0 Å². The molecule has 0 bridgehead atoms. The van der Waals surface area contributed by atoms with Crippen LogP contribution in [0.5, 0.6) is 0 Å². The molecule has 6 aromatic rings. The molecule has 0 fully saturated rings. The van der Waals surface area contributed by atoms with Crippen molar-refractivity contribution < 1.29 is 0 Å². The number of hydrogen-bond acceptors (Lipinski definition) is 6. The first-order chi connectivity index (χ1) is 16.3. The Morgan fingerprint density at radius 2 is 1.55 bits per heavy atom. The molecule has 6 rings (SSSR count). The highest BCUT2D eigenvalue weighted by Gasteiger charge is 2.15. The number of H-pyrrole nitrogens is 1. The van der Waals surface area contributed by atoms with E-state index in [4.69, 9.17) is 9.97 Å². The van der Waals surface area contributed by atoms with E-state index in [2.05, 4.69) is 25.6 Å². The van der Waals surface area contributed by atoms with Crippen LogP contribution in [0.3, 0.4) is 0 Å². The van der Waals surface area contributed by atoms with Crippen molar-refractivity contribution in [2.24, 2.45) is 0 Å². The van der Waals surface area contributed by atoms with E-state index in [1.165, 1.54) is 0 Å². The van der Waals surface area contributed by atoms with E-state index in [-0.39, 0.29) is 0 Å². The Kier molecular flexibility index (Phi) is 4.65. The number of hydrogen-bond donors (Lipinski definition) is 3. The minimum atomic E-state index is 0.476. The Balaban J connectivity index is 1.40. The zero-order valence-electron chi connectivity index (χ0n) is 17.6. The molecule has 0 radical (unpaired) electrons. The maximum Gasteiger partial charge on any atom is 0.231 e. The summed E-state index contributed by atoms with van der Waals surface area (Å²) in [6.07, 6.45) is 1.77. The molecular formula is C25H20N8. The second kappa shape index (κ2) is 8.08. The molecule has 0 aliphatic rings. The van der Waals surface area contributed by atoms with Crippen molar-refractivity contribution >= 4 is 39.7 Å². The van der Waals surface area contributed by atoms with Gasteiger partial charge in [-0.25, -0.2) is 9.97 Å². The molecule has 3 heterocycles. The van der Waals surface area contributed by atoms with Crippen LogP contribution in [0.15, 0.2) is 91.3 Å². The van der Waals surface area contributed by atoms with Gasteiger partial charge < -0.3 is 15.6 Å². The van der Waals surface area contributed by atoms with Gasteiger partial charge >= 0.3 is 0 Å². The van der Waals surface area contributed by atoms with Gasteiger partial charge in [0.25, 0.3) is 0 Å². The molecule has 3 aromatic carbocycles. The lowest BCUT2D eigenvalue weighted by Crippen LogP contribution is -2.07. The van der Waals surface area contributed by atoms with E-state index < -0.39 is 0 Å². The van der Waals surface area contributed by atoms with Gasteiger partial charge in [0.15, 0.2) is 17.0 Å². The fraction of sp³-hybridized carbons (Fsp3) is 0.0400. The minimum Gasteiger partial charge on any atom is -0.361 e. The molecule has 3 N–H and O–H groups in total. The SMILES string of the molecule is c1ccc(Nc2nc(NCc3nc4ccccc4[nH]3)c3ncn(-c4ccccc4)c3n2)cc1. The van der Waals surface area contributed by atoms with Crippen LogP contribution in [0.4, 0.5) is 17.5 Å². The quantitative estimate of drug-likeness (QED) is 0.341. The second-order valence-corrected chi connectivity index (χ2v) is 7.56. The Bertz CT molecular complexity index is 1500. The van der Waals surface area contributed by atoms with E-state index in [0.29, 0.717) is 29.5 Å². The third-order valence-electron chi connectivity index (χ3n) is 5.32. The van der Waals surface area contributed by atoms with Crippen LogP contribution in [0.2, 0.25) is 0 Å². The van der Waals surface area contributed by atoms with Crippen LogP contribution in [0.1, 0.15) is 5.82 Å². The number of imidazole rings is 2. The summed E-state index contributed by atoms with van der Waals surface area (Å²) >= 11 is 0. The number of anilines is 3. The summed E-state index contributed by atoms with van der Waals surface area (Å²) in [5.74, 6) is 1.94. The number of aromatic nitrogens is 6. The summed E-state index contributed by atoms with van der Waals surface area (Å²) in [5.41, 5.74) is 5.22. The van der Waals surface area contributed by atoms with Crippen LogP contribution in [-0.2, 0) is 6.54 Å². The summed E-state index contributed by atoms with van der Waals surface area (Å²) in [4.78, 5) is 22.1. The summed E-state index contributed by atoms with van der Waals surface area (Å²) in [7, 11) is 0. The van der Waals surface area contributed by atoms with Crippen molar-refractivity contribution in [1.29, 1.82) is 0 Å². The molecule has 0 atom stereocenters. The summed E-state index contributed by atoms with van der Waals surface area (Å²) in [5, 5.41) is 6.69. The maximum absolute atomic E-state index is 4.77. The van der Waals surface area contributed by atoms with Gasteiger partial charge in [-0.3, -0.25) is 4.57 Å². The molecule has 33 heavy (non-hydrogen) atoms. The smallest absolute Gasteiger partial charge is 0.231 e. The number of nitrogens with one attached hydrogen (secondary N) is 3. The van der Waals surface area contributed by atoms with Gasteiger partial charge in [-0.2, -0.15) is 9.97 Å². The summed E-state index contributed by atoms with van der Waals surface area (Å²) < 4.78 is 1.96. The van der Waals surface area contributed by atoms with Gasteiger partial charge in [0.1, 0.15) is 12.2 Å². The zero-order valence-corrected chi connectivity index (χ0v) is 17.6. The van der Waals surface area contributed by atoms with E-state index >= 15 is 0 Å². The molecule has 0 spiro atoms. The molecule has 3 aromatic heterocycles. The van der Waals surface area contributed by atoms with Crippen LogP contribution in [0, 0.1) is 0 Å². The van der Waals surface area contributed by atoms with Crippen LogP contribution < -0.4 is 10.6 Å². The molecule has 8 nitrogen and oxygen atoms in total. The number of benzene rings is 3. The Morgan fingerprint density at radius 3 is 2.36 bits per heavy atom. The fourth-order valence-corrected chi connectivity index (χ4v) is 3.76. The normalized spacial score (nSPS) is 11.2. The number of aromatic amines is 1. The standard InChI is InChI=1S/C25H20N8/c1-3-9-17(10-4-1)28-25-31-23(26-15-21-29-19-13-7-8-14-20(19)30-21)22-24(32-25)33(16-27-22)18-11-5-2-6-12-18/h1-14,16H,15H2,(H,29,30)(H2,26,28,31,32). The second-order valence-electron chi connectivity index (χ2n) is 7.56. The third kappa shape index (κ3) is 3.74. The highest BCUT2D eigenvalue weighted by atomic mass is 15.2. The molecule has 0 saturated carbocycles. The molecule has 0 aliphatic carbocycles. The monoisotopic (exact) mass is 432 g/mol. The first-order valence-corrected chi connectivity index (χ1v) is 10.6. The Morgan fingerprint density at radius 1 is 0.788 bits per heavy atom. The number of nitrogens with zero attached hydrogens (tertiary/aromatic N) is 5. The predicted molar refractivity (Wildman–Crippen MR) is 130 cm³/mol. The van der Waals surface area contributed by atoms with Crippen molar-refractivity contribution in [2.45, 2.75) is 6.54 Å². The number of fused-ring (bicyclic) bond motifs is 2. The summed E-state index contributed by atoms with van der Waals surface area (Å²) in [6, 6.07) is 27.8. The lowest BCUT2D eigenvalue weighted by molar-refractivity contribution is 0.996. The molecule has 0 amide bonds. The van der Waals surface area contributed by atoms with Crippen molar-refractivity contribution in [1.82, 2.24) is 29.5 Å². The molecular weight excluding hydrogens is 412 g/mol. The van der Waals surface area contributed by atoms with Crippen LogP contribution >= 0.6 is 0 Å². The highest BCUT2D eigenvalue weighted by Crippen LogP contribution is 2.25. The Labute approximate surface area is 189 Å². The van der Waals surface area contributed by atoms with Crippen molar-refractivity contribution in [2.75, 3.05) is 10.6 Å². The Hall–Kier alpha value is -4.72. The largest absolute Gasteiger partial charge is 0.361 e. The topological polar surface area (TPSA) is 96.3 Å². The van der Waals surface area contributed by atoms with Gasteiger partial charge in [0.2, 0.25) is 5.95 Å². The molecule has 8 heteroatoms. The first kappa shape index (κ1) is 19.0. The van der Waals surface area contributed by atoms with Crippen LogP contribution in [-0.4, -0.2) is 29.5 Å². The van der Waals surface area contributed by atoms with Crippen molar-refractivity contribution in [3.8, 4) is 5.69 Å². The number of para-hydroxylation sites is 4. The first-order valence-electron chi connectivity index (χ1n) is 10.6. The van der Waals surface area contributed by atoms with Crippen LogP contribution in [0.25, 0.3) is 27.9 Å². The average Bonchev–Trinajstić information content (AvgIpc) is 3.48. The average molecular weight is 432 g/mol. The number of rotatable bonds is 6. The molecule has 160 valence electrons. The van der Waals surface area contributed by atoms with E-state index in [1.807, 2.05) is 89.5 Å². The van der Waals surface area contributed by atoms with Crippen molar-refractivity contribution in [3.05, 3.63) is 97.1 Å². The van der Waals surface area contributed by atoms with Gasteiger partial charge in [-0.15, -0.1) is 0 Å². The minimum absolute atomic E-state index is 0.476. The highest BCUT2D eigenvalue weighted by molar-refractivity contribution is 5.86. The third-order valence-corrected chi connectivity index (χ3v) is 5.32. The van der Waals surface area contributed by atoms with Gasteiger partial charge in [-0.1, -0.05) is 48.5 Å². The van der Waals surface area contributed by atoms with Crippen molar-refractivity contribution in [3.63, 3.8) is 0 Å². The van der Waals surface area contributed by atoms with Gasteiger partial charge in [0.05, 0.1) is 17.6 Å². The molecule has 0 aliphatic heterocycles. The van der Waals surface area contributed by atoms with E-state index in [1.54, 1.807) is 6.33 Å². The van der Waals surface area contributed by atoms with Gasteiger partial charge in [0, 0.05) is 11.4 Å². The summed E-state index contributed by atoms with van der Waals surface area (Å²) in [6.45, 7) is 0.476. The van der Waals surface area contributed by atoms with E-state index in [0.717, 1.165) is 28.2 Å². The molecule has 0 unspecified atom stereocenters. The van der Waals surface area contributed by atoms with Gasteiger partial charge in [-0.05, 0) is 36.4 Å².